The Morgan fingerprint density at radius 3 is 1.57 bits per heavy atom. The maximum absolute atomic E-state index is 14.9. The van der Waals surface area contributed by atoms with Gasteiger partial charge in [0.25, 0.3) is 16.6 Å². The number of amides is 3. The molecule has 392 valence electrons. The average molecular weight is 1030 g/mol. The molecule has 0 radical (unpaired) electrons. The van der Waals surface area contributed by atoms with Crippen molar-refractivity contribution in [3.8, 4) is 23.3 Å². The molecule has 2 aromatic rings. The number of hydrogen-bond acceptors (Lipinski definition) is 13. The highest BCUT2D eigenvalue weighted by atomic mass is 28.4. The molecule has 0 saturated carbocycles. The Hall–Kier alpha value is -5.05. The van der Waals surface area contributed by atoms with Crippen LogP contribution < -0.4 is 29.5 Å². The van der Waals surface area contributed by atoms with E-state index < -0.39 is 112 Å². The van der Waals surface area contributed by atoms with Gasteiger partial charge in [-0.2, -0.15) is 9.65 Å². The zero-order chi connectivity index (χ0) is 54.6. The van der Waals surface area contributed by atoms with Crippen molar-refractivity contribution in [2.24, 2.45) is 0 Å². The van der Waals surface area contributed by atoms with E-state index in [0.29, 0.717) is 0 Å². The predicted octanol–water partition coefficient (Wildman–Crippen LogP) is 11.1. The number of halogens is 1. The second-order valence-corrected chi connectivity index (χ2v) is 38.3. The molecule has 4 atom stereocenters. The van der Waals surface area contributed by atoms with Gasteiger partial charge in [0.1, 0.15) is 29.4 Å². The molecule has 0 aliphatic carbocycles. The van der Waals surface area contributed by atoms with Crippen LogP contribution in [0.5, 0.6) is 17.2 Å². The lowest BCUT2D eigenvalue weighted by Gasteiger charge is -2.41. The summed E-state index contributed by atoms with van der Waals surface area (Å²) in [6, 6.07) is 2.93. The molecular weight excluding hydrogens is 954 g/mol. The summed E-state index contributed by atoms with van der Waals surface area (Å²) in [4.78, 5) is 68.7. The first-order valence-corrected chi connectivity index (χ1v) is 32.0. The van der Waals surface area contributed by atoms with Crippen molar-refractivity contribution < 1.29 is 56.0 Å². The number of methoxy groups -OCH3 is 1. The second-order valence-electron chi connectivity index (χ2n) is 24.1. The van der Waals surface area contributed by atoms with Crippen LogP contribution in [0.15, 0.2) is 30.3 Å². The second kappa shape index (κ2) is 22.2. The van der Waals surface area contributed by atoms with Crippen LogP contribution in [0.3, 0.4) is 0 Å². The van der Waals surface area contributed by atoms with E-state index in [1.54, 1.807) is 53.7 Å². The Morgan fingerprint density at radius 1 is 0.700 bits per heavy atom. The molecule has 3 N–H and O–H groups in total. The Labute approximate surface area is 418 Å². The summed E-state index contributed by atoms with van der Waals surface area (Å²) >= 11 is 0. The van der Waals surface area contributed by atoms with Crippen molar-refractivity contribution in [1.29, 1.82) is 5.26 Å². The van der Waals surface area contributed by atoms with Crippen molar-refractivity contribution in [3.05, 3.63) is 57.4 Å². The van der Waals surface area contributed by atoms with Gasteiger partial charge in [-0.1, -0.05) is 68.4 Å². The van der Waals surface area contributed by atoms with E-state index in [9.17, 15) is 38.9 Å². The van der Waals surface area contributed by atoms with Gasteiger partial charge in [0.05, 0.1) is 24.5 Å². The molecule has 0 aliphatic heterocycles. The number of nitrogens with one attached hydrogen (secondary N) is 3. The van der Waals surface area contributed by atoms with Crippen LogP contribution in [0.4, 0.5) is 14.9 Å². The van der Waals surface area contributed by atoms with Crippen molar-refractivity contribution in [3.63, 3.8) is 0 Å². The lowest BCUT2D eigenvalue weighted by molar-refractivity contribution is -0.387. The topological polar surface area (TPSA) is 227 Å². The molecule has 17 nitrogen and oxygen atoms in total. The Balaban J connectivity index is 2.99. The first-order valence-electron chi connectivity index (χ1n) is 23.3. The van der Waals surface area contributed by atoms with Gasteiger partial charge in [-0.3, -0.25) is 19.7 Å². The highest BCUT2D eigenvalue weighted by Crippen LogP contribution is 2.48. The SMILES string of the molecule is COc1c(O[Si](C)(C)C(C)(C)C)cc([C@@H](NC(=O)[C@H](CC#N)NC(=O)[C@H](NC(=O)OC(C)(C)C)[C@H](O[Si](C)(C)C(C)(C)C)c2ccc(F)c([N+](=O)[O-])c2)C(=O)OC(C)(C)C)cc1O[Si](C)(C)C(C)(C)C. The first-order chi connectivity index (χ1) is 31.4. The number of alkyl carbamates (subject to hydrolysis) is 1. The van der Waals surface area contributed by atoms with Crippen LogP contribution in [0, 0.1) is 27.3 Å². The largest absolute Gasteiger partial charge is 0.541 e. The lowest BCUT2D eigenvalue weighted by atomic mass is 10.00. The molecule has 0 aliphatic rings. The predicted molar refractivity (Wildman–Crippen MR) is 275 cm³/mol. The molecule has 0 heterocycles. The molecule has 0 bridgehead atoms. The first kappa shape index (κ1) is 61.1. The van der Waals surface area contributed by atoms with E-state index in [1.807, 2.05) is 66.1 Å². The summed E-state index contributed by atoms with van der Waals surface area (Å²) in [6.45, 7) is 39.7. The lowest BCUT2D eigenvalue weighted by Crippen LogP contribution is -2.58. The maximum atomic E-state index is 14.9. The number of carbonyl (C=O) groups is 4. The Kier molecular flexibility index (Phi) is 19.3. The third kappa shape index (κ3) is 16.5. The highest BCUT2D eigenvalue weighted by Gasteiger charge is 2.46. The molecule has 0 aromatic heterocycles. The van der Waals surface area contributed by atoms with Gasteiger partial charge >= 0.3 is 17.7 Å². The Morgan fingerprint density at radius 2 is 1.17 bits per heavy atom. The summed E-state index contributed by atoms with van der Waals surface area (Å²) in [5.41, 5.74) is -2.91. The molecule has 0 fully saturated rings. The number of benzene rings is 2. The van der Waals surface area contributed by atoms with Crippen molar-refractivity contribution in [1.82, 2.24) is 16.0 Å². The van der Waals surface area contributed by atoms with E-state index in [1.165, 1.54) is 13.2 Å². The number of nitro benzene ring substituents is 1. The van der Waals surface area contributed by atoms with Crippen LogP contribution in [0.25, 0.3) is 0 Å². The van der Waals surface area contributed by atoms with E-state index in [-0.39, 0.29) is 38.5 Å². The van der Waals surface area contributed by atoms with Crippen molar-refractivity contribution >= 4 is 54.5 Å². The zero-order valence-corrected chi connectivity index (χ0v) is 48.6. The molecule has 21 heteroatoms. The van der Waals surface area contributed by atoms with Gasteiger partial charge in [-0.05, 0) is 125 Å². The molecule has 0 spiro atoms. The number of ether oxygens (including phenoxy) is 3. The molecule has 3 amide bonds. The zero-order valence-electron chi connectivity index (χ0n) is 45.6. The van der Waals surface area contributed by atoms with E-state index in [4.69, 9.17) is 27.5 Å². The molecule has 2 aromatic carbocycles. The number of hydrogen-bond donors (Lipinski definition) is 3. The summed E-state index contributed by atoms with van der Waals surface area (Å²) in [5, 5.41) is 28.8. The van der Waals surface area contributed by atoms with Crippen LogP contribution in [-0.4, -0.2) is 84.1 Å². The van der Waals surface area contributed by atoms with Gasteiger partial charge in [0, 0.05) is 6.07 Å². The van der Waals surface area contributed by atoms with E-state index in [0.717, 1.165) is 12.1 Å². The van der Waals surface area contributed by atoms with Crippen LogP contribution in [0.2, 0.25) is 54.4 Å². The average Bonchev–Trinajstić information content (AvgIpc) is 3.15. The van der Waals surface area contributed by atoms with Gasteiger partial charge in [0.2, 0.25) is 23.4 Å². The number of carbonyl (C=O) groups excluding carboxylic acids is 4. The third-order valence-electron chi connectivity index (χ3n) is 12.8. The smallest absolute Gasteiger partial charge is 0.408 e. The summed E-state index contributed by atoms with van der Waals surface area (Å²) in [5.74, 6) is -3.33. The number of rotatable bonds is 18. The Bertz CT molecular complexity index is 2240. The molecule has 0 saturated heterocycles. The van der Waals surface area contributed by atoms with Crippen LogP contribution >= 0.6 is 0 Å². The van der Waals surface area contributed by atoms with Crippen LogP contribution in [0.1, 0.15) is 134 Å². The van der Waals surface area contributed by atoms with Gasteiger partial charge in [-0.15, -0.1) is 0 Å². The minimum Gasteiger partial charge on any atom is -0.541 e. The molecular formula is C49H80FN5O12Si3. The van der Waals surface area contributed by atoms with E-state index in [2.05, 4.69) is 57.5 Å². The van der Waals surface area contributed by atoms with Gasteiger partial charge in [-0.25, -0.2) is 9.59 Å². The number of esters is 1. The van der Waals surface area contributed by atoms with E-state index >= 15 is 0 Å². The fourth-order valence-electron chi connectivity index (χ4n) is 5.80. The summed E-state index contributed by atoms with van der Waals surface area (Å²) in [6.07, 6.45) is -3.27. The molecule has 70 heavy (non-hydrogen) atoms. The fraction of sp³-hybridized carbons (Fsp3) is 0.653. The van der Waals surface area contributed by atoms with Crippen molar-refractivity contribution in [2.45, 2.75) is 200 Å². The molecule has 0 unspecified atom stereocenters. The number of nitro groups is 1. The van der Waals surface area contributed by atoms with Crippen LogP contribution in [-0.2, 0) is 28.3 Å². The molecule has 2 rings (SSSR count). The van der Waals surface area contributed by atoms with Gasteiger partial charge < -0.3 is 43.4 Å². The quantitative estimate of drug-likeness (QED) is 0.0547. The number of nitrogens with zero attached hydrogens (tertiary/aromatic N) is 2. The monoisotopic (exact) mass is 1030 g/mol. The standard InChI is InChI=1S/C49H80FN5O12Si3/c1-45(2,3)63-43(58)37(31-28-35(65-68(17,18)47(7,8)9)40(62-16)36(29-31)66-69(19,20)48(10,11)12)53-41(56)33(25-26-51)52-42(57)38(54-44(59)64-46(4,5)6)39(67-70(21,22)49(13,14)15)30-23-24-32(50)34(27-30)55(60)61/h23-24,27-29,33,37-39H,25H2,1-22H3,(H,52,57)(H,53,56)(H,54,59)/t33-,37+,38+,39+/m0/s1. The minimum absolute atomic E-state index is 0.0497. The van der Waals surface area contributed by atoms with Gasteiger partial charge in [0.15, 0.2) is 25.9 Å². The summed E-state index contributed by atoms with van der Waals surface area (Å²) in [7, 11) is -6.77. The van der Waals surface area contributed by atoms with Crippen molar-refractivity contribution in [2.75, 3.05) is 7.11 Å². The third-order valence-corrected chi connectivity index (χ3v) is 25.9. The fourth-order valence-corrected chi connectivity index (χ4v) is 9.07. The normalized spacial score (nSPS) is 14.7. The summed E-state index contributed by atoms with van der Waals surface area (Å²) < 4.78 is 52.7. The highest BCUT2D eigenvalue weighted by molar-refractivity contribution is 6.75. The number of nitriles is 1. The maximum Gasteiger partial charge on any atom is 0.408 e. The minimum atomic E-state index is -3.00.